The second-order valence-corrected chi connectivity index (χ2v) is 11.8. The third kappa shape index (κ3) is 6.03. The van der Waals surface area contributed by atoms with Gasteiger partial charge in [-0.3, -0.25) is 9.69 Å². The maximum atomic E-state index is 14.4. The SMILES string of the molecule is CCOC(=O)C1=C(C(=O)Nc2ccc(C)c(F)c2)C2(C)C=CC1(C(Nc1ccccc1)c1ccc(CN3CCOCC3)cc1)O2. The van der Waals surface area contributed by atoms with Crippen molar-refractivity contribution < 1.29 is 28.2 Å². The summed E-state index contributed by atoms with van der Waals surface area (Å²) in [6.45, 7) is 9.26. The Balaban J connectivity index is 1.42. The maximum Gasteiger partial charge on any atom is 0.338 e. The van der Waals surface area contributed by atoms with Crippen LogP contribution in [0.5, 0.6) is 0 Å². The molecule has 3 atom stereocenters. The number of rotatable bonds is 10. The second-order valence-electron chi connectivity index (χ2n) is 11.8. The number of benzene rings is 3. The Labute approximate surface area is 262 Å². The van der Waals surface area contributed by atoms with E-state index >= 15 is 0 Å². The molecule has 6 rings (SSSR count). The number of hydrogen-bond donors (Lipinski definition) is 2. The summed E-state index contributed by atoms with van der Waals surface area (Å²) in [5.74, 6) is -1.65. The number of amides is 1. The summed E-state index contributed by atoms with van der Waals surface area (Å²) >= 11 is 0. The van der Waals surface area contributed by atoms with Crippen molar-refractivity contribution in [3.8, 4) is 0 Å². The quantitative estimate of drug-likeness (QED) is 0.224. The molecule has 45 heavy (non-hydrogen) atoms. The summed E-state index contributed by atoms with van der Waals surface area (Å²) in [7, 11) is 0. The van der Waals surface area contributed by atoms with Crippen LogP contribution in [-0.2, 0) is 30.3 Å². The van der Waals surface area contributed by atoms with E-state index in [4.69, 9.17) is 14.2 Å². The molecule has 234 valence electrons. The molecule has 0 radical (unpaired) electrons. The number of ether oxygens (including phenoxy) is 3. The van der Waals surface area contributed by atoms with Gasteiger partial charge < -0.3 is 24.8 Å². The molecule has 3 unspecified atom stereocenters. The fourth-order valence-corrected chi connectivity index (χ4v) is 6.35. The number of halogens is 1. The van der Waals surface area contributed by atoms with Gasteiger partial charge in [0.05, 0.1) is 37.0 Å². The number of carbonyl (C=O) groups excluding carboxylic acids is 2. The molecule has 1 fully saturated rings. The average molecular weight is 612 g/mol. The molecule has 3 aliphatic heterocycles. The molecule has 0 aliphatic carbocycles. The first-order chi connectivity index (χ1) is 21.7. The molecule has 0 spiro atoms. The zero-order valence-corrected chi connectivity index (χ0v) is 25.8. The summed E-state index contributed by atoms with van der Waals surface area (Å²) in [5, 5.41) is 6.39. The largest absolute Gasteiger partial charge is 0.463 e. The minimum atomic E-state index is -1.38. The van der Waals surface area contributed by atoms with Crippen molar-refractivity contribution in [3.63, 3.8) is 0 Å². The predicted molar refractivity (Wildman–Crippen MR) is 170 cm³/mol. The number of anilines is 2. The van der Waals surface area contributed by atoms with Crippen molar-refractivity contribution in [3.05, 3.63) is 119 Å². The van der Waals surface area contributed by atoms with E-state index in [-0.39, 0.29) is 23.4 Å². The Hall–Kier alpha value is -4.31. The number of nitrogens with zero attached hydrogens (tertiary/aromatic N) is 1. The highest BCUT2D eigenvalue weighted by Gasteiger charge is 2.63. The van der Waals surface area contributed by atoms with Gasteiger partial charge in [-0.25, -0.2) is 9.18 Å². The number of esters is 1. The van der Waals surface area contributed by atoms with Crippen molar-refractivity contribution in [2.24, 2.45) is 0 Å². The summed E-state index contributed by atoms with van der Waals surface area (Å²) in [6.07, 6.45) is 3.66. The third-order valence-electron chi connectivity index (χ3n) is 8.64. The lowest BCUT2D eigenvalue weighted by Gasteiger charge is -2.36. The van der Waals surface area contributed by atoms with Gasteiger partial charge in [0.2, 0.25) is 0 Å². The monoisotopic (exact) mass is 611 g/mol. The van der Waals surface area contributed by atoms with Gasteiger partial charge in [0.1, 0.15) is 17.0 Å². The van der Waals surface area contributed by atoms with Crippen molar-refractivity contribution in [1.29, 1.82) is 0 Å². The Morgan fingerprint density at radius 3 is 2.40 bits per heavy atom. The van der Waals surface area contributed by atoms with Crippen molar-refractivity contribution in [2.75, 3.05) is 43.5 Å². The van der Waals surface area contributed by atoms with Crippen LogP contribution in [0, 0.1) is 12.7 Å². The minimum Gasteiger partial charge on any atom is -0.463 e. The molecule has 0 saturated carbocycles. The standard InChI is InChI=1S/C36H38FN3O5/c1-4-44-34(42)31-30(33(41)39-28-15-10-24(2)29(37)22-28)35(3)16-17-36(31,45-35)32(38-27-8-6-5-7-9-27)26-13-11-25(12-14-26)23-40-18-20-43-21-19-40/h5-17,22,32,38H,4,18-21,23H2,1-3H3,(H,39,41). The molecule has 2 bridgehead atoms. The van der Waals surface area contributed by atoms with Crippen LogP contribution < -0.4 is 10.6 Å². The van der Waals surface area contributed by atoms with Crippen molar-refractivity contribution in [1.82, 2.24) is 4.90 Å². The Kier molecular flexibility index (Phi) is 8.59. The summed E-state index contributed by atoms with van der Waals surface area (Å²) in [6, 6.07) is 21.8. The number of carbonyl (C=O) groups is 2. The Morgan fingerprint density at radius 2 is 1.71 bits per heavy atom. The number of nitrogens with one attached hydrogen (secondary N) is 2. The molecule has 8 nitrogen and oxygen atoms in total. The van der Waals surface area contributed by atoms with Crippen LogP contribution in [0.4, 0.5) is 15.8 Å². The van der Waals surface area contributed by atoms with Gasteiger partial charge in [0, 0.05) is 31.0 Å². The highest BCUT2D eigenvalue weighted by molar-refractivity contribution is 6.13. The molecule has 2 N–H and O–H groups in total. The highest BCUT2D eigenvalue weighted by atomic mass is 19.1. The molecule has 0 aromatic heterocycles. The summed E-state index contributed by atoms with van der Waals surface area (Å²) in [4.78, 5) is 30.2. The normalized spacial score (nSPS) is 23.2. The van der Waals surface area contributed by atoms with E-state index < -0.39 is 34.9 Å². The van der Waals surface area contributed by atoms with Gasteiger partial charge in [-0.05, 0) is 73.9 Å². The van der Waals surface area contributed by atoms with Crippen LogP contribution in [0.2, 0.25) is 0 Å². The fourth-order valence-electron chi connectivity index (χ4n) is 6.35. The van der Waals surface area contributed by atoms with Crippen LogP contribution in [0.1, 0.15) is 36.6 Å². The van der Waals surface area contributed by atoms with Gasteiger partial charge in [0.15, 0.2) is 0 Å². The van der Waals surface area contributed by atoms with Gasteiger partial charge in [-0.1, -0.05) is 48.5 Å². The van der Waals surface area contributed by atoms with Gasteiger partial charge in [-0.15, -0.1) is 0 Å². The smallest absolute Gasteiger partial charge is 0.338 e. The van der Waals surface area contributed by atoms with E-state index in [1.54, 1.807) is 32.9 Å². The van der Waals surface area contributed by atoms with E-state index in [0.717, 1.165) is 49.7 Å². The summed E-state index contributed by atoms with van der Waals surface area (Å²) < 4.78 is 32.2. The molecule has 3 aromatic carbocycles. The van der Waals surface area contributed by atoms with Crippen molar-refractivity contribution >= 4 is 23.3 Å². The lowest BCUT2D eigenvalue weighted by atomic mass is 9.76. The first kappa shape index (κ1) is 30.7. The fraction of sp³-hybridized carbons (Fsp3) is 0.333. The molecule has 3 aliphatic rings. The number of para-hydroxylation sites is 1. The Bertz CT molecular complexity index is 1630. The molecule has 3 aromatic rings. The average Bonchev–Trinajstić information content (AvgIpc) is 3.53. The molecule has 3 heterocycles. The first-order valence-electron chi connectivity index (χ1n) is 15.3. The van der Waals surface area contributed by atoms with Crippen LogP contribution in [0.15, 0.2) is 96.1 Å². The minimum absolute atomic E-state index is 0.115. The highest BCUT2D eigenvalue weighted by Crippen LogP contribution is 2.56. The van der Waals surface area contributed by atoms with E-state index in [1.807, 2.05) is 54.6 Å². The molecular weight excluding hydrogens is 573 g/mol. The number of aryl methyl sites for hydroxylation is 1. The van der Waals surface area contributed by atoms with E-state index in [2.05, 4.69) is 27.7 Å². The van der Waals surface area contributed by atoms with Crippen molar-refractivity contribution in [2.45, 2.75) is 44.6 Å². The number of hydrogen-bond acceptors (Lipinski definition) is 7. The van der Waals surface area contributed by atoms with E-state index in [9.17, 15) is 14.0 Å². The predicted octanol–water partition coefficient (Wildman–Crippen LogP) is 5.72. The maximum absolute atomic E-state index is 14.4. The lowest BCUT2D eigenvalue weighted by molar-refractivity contribution is -0.141. The van der Waals surface area contributed by atoms with Crippen LogP contribution in [0.3, 0.4) is 0 Å². The number of fused-ring (bicyclic) bond motifs is 2. The molecule has 9 heteroatoms. The topological polar surface area (TPSA) is 89.1 Å². The summed E-state index contributed by atoms with van der Waals surface area (Å²) in [5.41, 5.74) is 1.20. The third-order valence-corrected chi connectivity index (χ3v) is 8.64. The van der Waals surface area contributed by atoms with Crippen LogP contribution >= 0.6 is 0 Å². The van der Waals surface area contributed by atoms with Crippen LogP contribution in [-0.4, -0.2) is 60.9 Å². The lowest BCUT2D eigenvalue weighted by Crippen LogP contribution is -2.43. The molecule has 1 amide bonds. The second kappa shape index (κ2) is 12.6. The first-order valence-corrected chi connectivity index (χ1v) is 15.3. The van der Waals surface area contributed by atoms with Gasteiger partial charge in [0.25, 0.3) is 5.91 Å². The zero-order valence-electron chi connectivity index (χ0n) is 25.8. The van der Waals surface area contributed by atoms with Gasteiger partial charge >= 0.3 is 5.97 Å². The van der Waals surface area contributed by atoms with E-state index in [1.165, 1.54) is 6.07 Å². The molecule has 1 saturated heterocycles. The zero-order chi connectivity index (χ0) is 31.6. The van der Waals surface area contributed by atoms with E-state index in [0.29, 0.717) is 5.56 Å². The number of morpholine rings is 1. The molecular formula is C36H38FN3O5. The van der Waals surface area contributed by atoms with Crippen LogP contribution in [0.25, 0.3) is 0 Å². The Morgan fingerprint density at radius 1 is 0.978 bits per heavy atom. The van der Waals surface area contributed by atoms with Gasteiger partial charge in [-0.2, -0.15) is 0 Å².